The lowest BCUT2D eigenvalue weighted by atomic mass is 10.1. The summed E-state index contributed by atoms with van der Waals surface area (Å²) in [5.41, 5.74) is 3.40. The van der Waals surface area contributed by atoms with Crippen LogP contribution in [-0.2, 0) is 4.57 Å². The quantitative estimate of drug-likeness (QED) is 0.659. The molecular weight excluding hydrogens is 299 g/mol. The Morgan fingerprint density at radius 2 is 1.04 bits per heavy atom. The average molecular weight is 320 g/mol. The topological polar surface area (TPSA) is 17.1 Å². The summed E-state index contributed by atoms with van der Waals surface area (Å²) in [5, 5.41) is 2.75. The smallest absolute Gasteiger partial charge is 0.171 e. The second-order valence-electron chi connectivity index (χ2n) is 6.03. The highest BCUT2D eigenvalue weighted by Crippen LogP contribution is 2.44. The molecule has 0 amide bonds. The van der Waals surface area contributed by atoms with Gasteiger partial charge in [-0.2, -0.15) is 0 Å². The summed E-state index contributed by atoms with van der Waals surface area (Å²) in [6.45, 7) is 6.21. The predicted octanol–water partition coefficient (Wildman–Crippen LogP) is 4.25. The van der Waals surface area contributed by atoms with Crippen molar-refractivity contribution < 1.29 is 4.57 Å². The Kier molecular flexibility index (Phi) is 4.24. The zero-order valence-corrected chi connectivity index (χ0v) is 14.7. The maximum absolute atomic E-state index is 14.4. The molecule has 3 rings (SSSR count). The maximum Gasteiger partial charge on any atom is 0.171 e. The van der Waals surface area contributed by atoms with Gasteiger partial charge in [-0.25, -0.2) is 0 Å². The number of benzene rings is 3. The van der Waals surface area contributed by atoms with Crippen LogP contribution < -0.4 is 15.9 Å². The molecule has 0 aliphatic heterocycles. The zero-order valence-electron chi connectivity index (χ0n) is 13.8. The Morgan fingerprint density at radius 1 is 0.652 bits per heavy atom. The van der Waals surface area contributed by atoms with Gasteiger partial charge < -0.3 is 4.57 Å². The number of hydrogen-bond donors (Lipinski definition) is 0. The van der Waals surface area contributed by atoms with Crippen molar-refractivity contribution in [1.82, 2.24) is 0 Å². The van der Waals surface area contributed by atoms with Crippen LogP contribution in [0.1, 0.15) is 16.7 Å². The van der Waals surface area contributed by atoms with Crippen molar-refractivity contribution in [3.8, 4) is 0 Å². The lowest BCUT2D eigenvalue weighted by molar-refractivity contribution is 0.592. The van der Waals surface area contributed by atoms with Gasteiger partial charge in [0.1, 0.15) is 0 Å². The maximum atomic E-state index is 14.4. The third-order valence-electron chi connectivity index (χ3n) is 4.19. The highest BCUT2D eigenvalue weighted by molar-refractivity contribution is 7.85. The first-order valence-corrected chi connectivity index (χ1v) is 9.54. The Balaban J connectivity index is 2.38. The zero-order chi connectivity index (χ0) is 16.4. The molecule has 0 bridgehead atoms. The van der Waals surface area contributed by atoms with Gasteiger partial charge >= 0.3 is 0 Å². The van der Waals surface area contributed by atoms with E-state index >= 15 is 0 Å². The summed E-state index contributed by atoms with van der Waals surface area (Å²) < 4.78 is 14.4. The third kappa shape index (κ3) is 2.78. The van der Waals surface area contributed by atoms with Crippen LogP contribution in [0.25, 0.3) is 0 Å². The van der Waals surface area contributed by atoms with Crippen molar-refractivity contribution in [2.75, 3.05) is 0 Å². The molecule has 0 aliphatic rings. The van der Waals surface area contributed by atoms with Crippen molar-refractivity contribution in [3.63, 3.8) is 0 Å². The molecule has 3 aromatic carbocycles. The molecular formula is C21H21OP. The standard InChI is InChI=1S/C21H21OP/c1-16-14-17(2)21(18(3)15-16)23(22,19-10-6-4-7-11-19)20-12-8-5-9-13-20/h4-15H,1-3H3. The molecule has 2 heteroatoms. The summed E-state index contributed by atoms with van der Waals surface area (Å²) >= 11 is 0. The minimum absolute atomic E-state index is 0.890. The fourth-order valence-electron chi connectivity index (χ4n) is 3.35. The van der Waals surface area contributed by atoms with Crippen LogP contribution in [0.15, 0.2) is 72.8 Å². The van der Waals surface area contributed by atoms with Gasteiger partial charge in [-0.1, -0.05) is 78.4 Å². The second kappa shape index (κ2) is 6.18. The van der Waals surface area contributed by atoms with E-state index in [4.69, 9.17) is 0 Å². The molecule has 0 spiro atoms. The van der Waals surface area contributed by atoms with Gasteiger partial charge in [0.2, 0.25) is 0 Å². The Labute approximate surface area is 138 Å². The van der Waals surface area contributed by atoms with E-state index in [0.717, 1.165) is 27.0 Å². The molecule has 0 fully saturated rings. The highest BCUT2D eigenvalue weighted by Gasteiger charge is 2.32. The first-order chi connectivity index (χ1) is 11.0. The minimum atomic E-state index is -2.87. The predicted molar refractivity (Wildman–Crippen MR) is 100 cm³/mol. The number of rotatable bonds is 3. The van der Waals surface area contributed by atoms with E-state index in [1.165, 1.54) is 5.56 Å². The van der Waals surface area contributed by atoms with Gasteiger partial charge in [0.05, 0.1) is 0 Å². The monoisotopic (exact) mass is 320 g/mol. The molecule has 0 atom stereocenters. The Morgan fingerprint density at radius 3 is 1.43 bits per heavy atom. The first-order valence-electron chi connectivity index (χ1n) is 7.83. The lowest BCUT2D eigenvalue weighted by Gasteiger charge is -2.24. The minimum Gasteiger partial charge on any atom is -0.309 e. The molecule has 116 valence electrons. The van der Waals surface area contributed by atoms with Crippen molar-refractivity contribution in [2.45, 2.75) is 20.8 Å². The summed E-state index contributed by atoms with van der Waals surface area (Å²) in [5.74, 6) is 0. The van der Waals surface area contributed by atoms with Crippen LogP contribution in [0.4, 0.5) is 0 Å². The van der Waals surface area contributed by atoms with Gasteiger partial charge in [-0.05, 0) is 31.9 Å². The van der Waals surface area contributed by atoms with Crippen LogP contribution in [0, 0.1) is 20.8 Å². The third-order valence-corrected chi connectivity index (χ3v) is 7.58. The largest absolute Gasteiger partial charge is 0.309 e. The van der Waals surface area contributed by atoms with Crippen molar-refractivity contribution in [3.05, 3.63) is 89.5 Å². The van der Waals surface area contributed by atoms with Crippen LogP contribution in [0.3, 0.4) is 0 Å². The van der Waals surface area contributed by atoms with Gasteiger partial charge in [0, 0.05) is 15.9 Å². The van der Waals surface area contributed by atoms with Gasteiger partial charge in [-0.3, -0.25) is 0 Å². The molecule has 3 aromatic rings. The molecule has 0 radical (unpaired) electrons. The molecule has 0 aromatic heterocycles. The molecule has 0 heterocycles. The normalized spacial score (nSPS) is 11.4. The molecule has 0 aliphatic carbocycles. The number of hydrogen-bond acceptors (Lipinski definition) is 1. The van der Waals surface area contributed by atoms with E-state index in [0.29, 0.717) is 0 Å². The second-order valence-corrected chi connectivity index (χ2v) is 8.73. The highest BCUT2D eigenvalue weighted by atomic mass is 31.2. The van der Waals surface area contributed by atoms with E-state index in [1.54, 1.807) is 0 Å². The molecule has 0 saturated heterocycles. The van der Waals surface area contributed by atoms with Crippen molar-refractivity contribution in [1.29, 1.82) is 0 Å². The molecule has 0 saturated carbocycles. The van der Waals surface area contributed by atoms with E-state index in [1.807, 2.05) is 60.7 Å². The van der Waals surface area contributed by atoms with E-state index in [-0.39, 0.29) is 0 Å². The Bertz CT molecular complexity index is 800. The summed E-state index contributed by atoms with van der Waals surface area (Å²) in [6, 6.07) is 23.9. The van der Waals surface area contributed by atoms with Crippen molar-refractivity contribution in [2.24, 2.45) is 0 Å². The average Bonchev–Trinajstić information content (AvgIpc) is 2.55. The summed E-state index contributed by atoms with van der Waals surface area (Å²) in [7, 11) is -2.87. The first kappa shape index (κ1) is 15.8. The molecule has 0 unspecified atom stereocenters. The Hall–Kier alpha value is -2.11. The van der Waals surface area contributed by atoms with Gasteiger partial charge in [0.25, 0.3) is 0 Å². The molecule has 1 nitrogen and oxygen atoms in total. The van der Waals surface area contributed by atoms with E-state index < -0.39 is 7.14 Å². The van der Waals surface area contributed by atoms with E-state index in [9.17, 15) is 4.57 Å². The van der Waals surface area contributed by atoms with Crippen molar-refractivity contribution >= 4 is 23.1 Å². The SMILES string of the molecule is Cc1cc(C)c(P(=O)(c2ccccc2)c2ccccc2)c(C)c1. The summed E-state index contributed by atoms with van der Waals surface area (Å²) in [4.78, 5) is 0. The van der Waals surface area contributed by atoms with E-state index in [2.05, 4.69) is 32.9 Å². The number of aryl methyl sites for hydroxylation is 3. The van der Waals surface area contributed by atoms with Crippen LogP contribution in [-0.4, -0.2) is 0 Å². The van der Waals surface area contributed by atoms with Gasteiger partial charge in [-0.15, -0.1) is 0 Å². The molecule has 23 heavy (non-hydrogen) atoms. The van der Waals surface area contributed by atoms with Gasteiger partial charge in [0.15, 0.2) is 7.14 Å². The fourth-order valence-corrected chi connectivity index (χ4v) is 6.47. The lowest BCUT2D eigenvalue weighted by Crippen LogP contribution is -2.28. The van der Waals surface area contributed by atoms with Crippen LogP contribution in [0.2, 0.25) is 0 Å². The summed E-state index contributed by atoms with van der Waals surface area (Å²) in [6.07, 6.45) is 0. The molecule has 0 N–H and O–H groups in total. The van der Waals surface area contributed by atoms with Crippen LogP contribution >= 0.6 is 7.14 Å². The van der Waals surface area contributed by atoms with Crippen LogP contribution in [0.5, 0.6) is 0 Å². The fraction of sp³-hybridized carbons (Fsp3) is 0.143.